The largest absolute Gasteiger partial charge is 0.460 e. The zero-order valence-electron chi connectivity index (χ0n) is 13.0. The van der Waals surface area contributed by atoms with Gasteiger partial charge in [-0.2, -0.15) is 21.6 Å². The molecule has 5 unspecified atom stereocenters. The fourth-order valence-corrected chi connectivity index (χ4v) is 7.17. The quantitative estimate of drug-likeness (QED) is 0.302. The average Bonchev–Trinajstić information content (AvgIpc) is 3.14. The summed E-state index contributed by atoms with van der Waals surface area (Å²) in [5, 5.41) is 1.18. The minimum Gasteiger partial charge on any atom is -0.460 e. The molecule has 0 aromatic rings. The van der Waals surface area contributed by atoms with Crippen molar-refractivity contribution in [3.05, 3.63) is 12.2 Å². The summed E-state index contributed by atoms with van der Waals surface area (Å²) in [4.78, 5) is 22.8. The summed E-state index contributed by atoms with van der Waals surface area (Å²) in [6.45, 7) is 1.80. The third kappa shape index (κ3) is 3.51. The molecule has 5 atom stereocenters. The van der Waals surface area contributed by atoms with Crippen molar-refractivity contribution in [1.82, 2.24) is 5.32 Å². The maximum atomic E-state index is 12.2. The van der Waals surface area contributed by atoms with Gasteiger partial charge in [-0.3, -0.25) is 4.18 Å². The number of halogens is 3. The van der Waals surface area contributed by atoms with E-state index in [4.69, 9.17) is 8.92 Å². The van der Waals surface area contributed by atoms with Gasteiger partial charge in [0, 0.05) is 5.25 Å². The van der Waals surface area contributed by atoms with Crippen LogP contribution in [0.4, 0.5) is 18.0 Å². The van der Waals surface area contributed by atoms with Gasteiger partial charge in [-0.25, -0.2) is 9.59 Å². The lowest BCUT2D eigenvalue weighted by atomic mass is 9.94. The molecule has 1 N–H and O–H groups in total. The summed E-state index contributed by atoms with van der Waals surface area (Å²) < 4.78 is 74.8. The van der Waals surface area contributed by atoms with Gasteiger partial charge in [0.15, 0.2) is 0 Å². The standard InChI is InChI=1S/C13H14F3NO7S2/c1-5(13(14,15)16)11(18)22-3-2-17-12(19)23-8-6-4-7-10(25-6)9(8)24-26(7,20)21/h6-10H,1-4H2,(H,17,19). The van der Waals surface area contributed by atoms with Gasteiger partial charge in [-0.1, -0.05) is 6.58 Å². The molecule has 0 radical (unpaired) electrons. The van der Waals surface area contributed by atoms with Gasteiger partial charge in [0.1, 0.15) is 29.6 Å². The second-order valence-electron chi connectivity index (χ2n) is 5.88. The Morgan fingerprint density at radius 2 is 2.04 bits per heavy atom. The van der Waals surface area contributed by atoms with E-state index in [1.807, 2.05) is 0 Å². The average molecular weight is 417 g/mol. The predicted octanol–water partition coefficient (Wildman–Crippen LogP) is 0.728. The zero-order chi connectivity index (χ0) is 19.3. The highest BCUT2D eigenvalue weighted by molar-refractivity contribution is 8.03. The molecule has 0 aromatic carbocycles. The number of hydrogen-bond acceptors (Lipinski definition) is 8. The predicted molar refractivity (Wildman–Crippen MR) is 81.8 cm³/mol. The third-order valence-corrected chi connectivity index (χ3v) is 7.84. The van der Waals surface area contributed by atoms with Gasteiger partial charge in [-0.15, -0.1) is 11.8 Å². The maximum absolute atomic E-state index is 12.2. The monoisotopic (exact) mass is 417 g/mol. The van der Waals surface area contributed by atoms with Crippen molar-refractivity contribution in [2.24, 2.45) is 0 Å². The lowest BCUT2D eigenvalue weighted by Gasteiger charge is -2.23. The van der Waals surface area contributed by atoms with E-state index >= 15 is 0 Å². The van der Waals surface area contributed by atoms with Crippen LogP contribution in [0.5, 0.6) is 0 Å². The first-order valence-corrected chi connectivity index (χ1v) is 9.87. The highest BCUT2D eigenvalue weighted by Crippen LogP contribution is 2.55. The molecular formula is C13H14F3NO7S2. The van der Waals surface area contributed by atoms with E-state index in [0.717, 1.165) is 0 Å². The number of alkyl halides is 3. The van der Waals surface area contributed by atoms with Crippen LogP contribution in [-0.4, -0.2) is 67.8 Å². The van der Waals surface area contributed by atoms with Gasteiger partial charge >= 0.3 is 18.2 Å². The molecule has 3 aliphatic rings. The SMILES string of the molecule is C=C(C(=O)OCCNC(=O)OC1C2CC3C(S2)C1OS3(=O)=O)C(F)(F)F. The second kappa shape index (κ2) is 6.60. The zero-order valence-corrected chi connectivity index (χ0v) is 14.7. The Balaban J connectivity index is 1.41. The summed E-state index contributed by atoms with van der Waals surface area (Å²) in [6.07, 6.45) is -6.91. The number of alkyl carbamates (subject to hydrolysis) is 1. The van der Waals surface area contributed by atoms with Crippen LogP contribution in [0.15, 0.2) is 12.2 Å². The lowest BCUT2D eigenvalue weighted by Crippen LogP contribution is -2.43. The molecule has 146 valence electrons. The summed E-state index contributed by atoms with van der Waals surface area (Å²) >= 11 is 1.41. The Hall–Kier alpha value is -1.47. The molecule has 0 aliphatic carbocycles. The Morgan fingerprint density at radius 3 is 2.69 bits per heavy atom. The Morgan fingerprint density at radius 1 is 1.35 bits per heavy atom. The number of carbonyl (C=O) groups excluding carboxylic acids is 2. The van der Waals surface area contributed by atoms with Gasteiger partial charge in [0.2, 0.25) is 0 Å². The molecule has 3 heterocycles. The minimum absolute atomic E-state index is 0.189. The van der Waals surface area contributed by atoms with E-state index in [1.54, 1.807) is 0 Å². The van der Waals surface area contributed by atoms with E-state index in [2.05, 4.69) is 16.6 Å². The highest BCUT2D eigenvalue weighted by Gasteiger charge is 2.66. The second-order valence-corrected chi connectivity index (χ2v) is 9.08. The lowest BCUT2D eigenvalue weighted by molar-refractivity contribution is -0.150. The highest BCUT2D eigenvalue weighted by atomic mass is 32.2. The van der Waals surface area contributed by atoms with Crippen molar-refractivity contribution >= 4 is 33.9 Å². The summed E-state index contributed by atoms with van der Waals surface area (Å²) in [6, 6.07) is 0. The van der Waals surface area contributed by atoms with Crippen LogP contribution in [0.25, 0.3) is 0 Å². The van der Waals surface area contributed by atoms with Crippen molar-refractivity contribution in [3.8, 4) is 0 Å². The molecule has 2 bridgehead atoms. The molecule has 0 spiro atoms. The Kier molecular flexibility index (Phi) is 4.90. The van der Waals surface area contributed by atoms with E-state index in [1.165, 1.54) is 11.8 Å². The normalized spacial score (nSPS) is 33.7. The van der Waals surface area contributed by atoms with Crippen LogP contribution in [0.1, 0.15) is 6.42 Å². The molecule has 1 amide bonds. The minimum atomic E-state index is -4.89. The van der Waals surface area contributed by atoms with Crippen LogP contribution in [0, 0.1) is 0 Å². The Bertz CT molecular complexity index is 739. The molecule has 26 heavy (non-hydrogen) atoms. The number of rotatable bonds is 5. The topological polar surface area (TPSA) is 108 Å². The van der Waals surface area contributed by atoms with Crippen LogP contribution < -0.4 is 5.32 Å². The fraction of sp³-hybridized carbons (Fsp3) is 0.692. The summed E-state index contributed by atoms with van der Waals surface area (Å²) in [5.74, 6) is -1.63. The van der Waals surface area contributed by atoms with Crippen molar-refractivity contribution in [2.75, 3.05) is 13.2 Å². The number of nitrogens with one attached hydrogen (secondary N) is 1. The first-order valence-electron chi connectivity index (χ1n) is 7.46. The van der Waals surface area contributed by atoms with Crippen LogP contribution in [-0.2, 0) is 28.6 Å². The van der Waals surface area contributed by atoms with Gasteiger partial charge in [0.05, 0.1) is 11.8 Å². The molecule has 3 aliphatic heterocycles. The number of ether oxygens (including phenoxy) is 2. The molecule has 3 rings (SSSR count). The summed E-state index contributed by atoms with van der Waals surface area (Å²) in [5.41, 5.74) is -1.65. The third-order valence-electron chi connectivity index (χ3n) is 4.23. The number of amides is 1. The number of thioether (sulfide) groups is 1. The van der Waals surface area contributed by atoms with Crippen molar-refractivity contribution < 1.29 is 44.8 Å². The smallest absolute Gasteiger partial charge is 0.422 e. The van der Waals surface area contributed by atoms with Crippen molar-refractivity contribution in [1.29, 1.82) is 0 Å². The number of esters is 1. The fourth-order valence-electron chi connectivity index (χ4n) is 3.03. The van der Waals surface area contributed by atoms with Crippen molar-refractivity contribution in [2.45, 2.75) is 40.6 Å². The first kappa shape index (κ1) is 19.3. The van der Waals surface area contributed by atoms with E-state index in [-0.39, 0.29) is 17.0 Å². The van der Waals surface area contributed by atoms with Crippen LogP contribution >= 0.6 is 11.8 Å². The molecule has 0 aromatic heterocycles. The summed E-state index contributed by atoms with van der Waals surface area (Å²) in [7, 11) is -3.64. The van der Waals surface area contributed by atoms with Crippen LogP contribution in [0.2, 0.25) is 0 Å². The number of hydrogen-bond donors (Lipinski definition) is 1. The van der Waals surface area contributed by atoms with Gasteiger partial charge in [-0.05, 0) is 6.42 Å². The molecule has 13 heteroatoms. The van der Waals surface area contributed by atoms with Gasteiger partial charge in [0.25, 0.3) is 10.1 Å². The van der Waals surface area contributed by atoms with E-state index in [0.29, 0.717) is 6.42 Å². The number of carbonyl (C=O) groups is 2. The molecular weight excluding hydrogens is 403 g/mol. The van der Waals surface area contributed by atoms with E-state index in [9.17, 15) is 31.2 Å². The van der Waals surface area contributed by atoms with Crippen LogP contribution in [0.3, 0.4) is 0 Å². The molecule has 0 saturated carbocycles. The number of fused-ring (bicyclic) bond motifs is 1. The van der Waals surface area contributed by atoms with E-state index < -0.39 is 58.0 Å². The maximum Gasteiger partial charge on any atom is 0.422 e. The molecule has 3 fully saturated rings. The molecule has 8 nitrogen and oxygen atoms in total. The van der Waals surface area contributed by atoms with Crippen molar-refractivity contribution in [3.63, 3.8) is 0 Å². The van der Waals surface area contributed by atoms with Gasteiger partial charge < -0.3 is 14.8 Å². The first-order chi connectivity index (χ1) is 12.0. The molecule has 3 saturated heterocycles. The Labute approximate surface area is 150 Å².